The molecule has 0 spiro atoms. The minimum Gasteiger partial charge on any atom is -0.497 e. The number of carboxylic acids is 2. The maximum Gasteiger partial charge on any atom is 0.335 e. The fourth-order valence-corrected chi connectivity index (χ4v) is 3.43. The Morgan fingerprint density at radius 3 is 2.27 bits per heavy atom. The highest BCUT2D eigenvalue weighted by atomic mass is 32.2. The van der Waals surface area contributed by atoms with Crippen LogP contribution in [0.15, 0.2) is 46.3 Å². The SMILES string of the molecule is COc1ccc(/C=C2\SC(=Nc3cc(C(=O)O)cc(C(=O)O)c3)NC2=O)c(OC)c1. The van der Waals surface area contributed by atoms with Crippen LogP contribution in [0.4, 0.5) is 5.69 Å². The molecule has 0 aliphatic carbocycles. The first-order valence-corrected chi connectivity index (χ1v) is 9.25. The standard InChI is InChI=1S/C20H16N2O7S/c1-28-14-4-3-10(15(9-14)29-2)8-16-17(23)22-20(30-16)21-13-6-11(18(24)25)5-12(7-13)19(26)27/h3-9H,1-2H3,(H,24,25)(H,26,27)(H,21,22,23)/b16-8-. The number of methoxy groups -OCH3 is 2. The molecule has 0 radical (unpaired) electrons. The molecule has 3 N–H and O–H groups in total. The number of carbonyl (C=O) groups is 3. The Morgan fingerprint density at radius 2 is 1.70 bits per heavy atom. The van der Waals surface area contributed by atoms with Gasteiger partial charge in [0.05, 0.1) is 35.9 Å². The second kappa shape index (κ2) is 8.70. The van der Waals surface area contributed by atoms with E-state index in [1.54, 1.807) is 24.3 Å². The van der Waals surface area contributed by atoms with Crippen LogP contribution in [0.2, 0.25) is 0 Å². The quantitative estimate of drug-likeness (QED) is 0.598. The average molecular weight is 428 g/mol. The highest BCUT2D eigenvalue weighted by Crippen LogP contribution is 2.32. The second-order valence-electron chi connectivity index (χ2n) is 5.97. The van der Waals surface area contributed by atoms with Crippen LogP contribution in [0.5, 0.6) is 11.5 Å². The summed E-state index contributed by atoms with van der Waals surface area (Å²) >= 11 is 1.03. The molecule has 1 aliphatic heterocycles. The van der Waals surface area contributed by atoms with E-state index in [1.165, 1.54) is 26.4 Å². The van der Waals surface area contributed by atoms with Crippen molar-refractivity contribution in [1.82, 2.24) is 5.32 Å². The summed E-state index contributed by atoms with van der Waals surface area (Å²) in [6.07, 6.45) is 1.62. The van der Waals surface area contributed by atoms with Gasteiger partial charge in [-0.1, -0.05) is 0 Å². The van der Waals surface area contributed by atoms with E-state index in [4.69, 9.17) is 19.7 Å². The number of rotatable bonds is 6. The van der Waals surface area contributed by atoms with Crippen molar-refractivity contribution in [3.63, 3.8) is 0 Å². The summed E-state index contributed by atoms with van der Waals surface area (Å²) < 4.78 is 10.5. The molecule has 1 amide bonds. The molecule has 0 saturated carbocycles. The molecule has 2 aromatic rings. The molecule has 3 rings (SSSR count). The molecule has 0 atom stereocenters. The highest BCUT2D eigenvalue weighted by Gasteiger charge is 2.24. The Kier molecular flexibility index (Phi) is 6.07. The zero-order chi connectivity index (χ0) is 21.8. The van der Waals surface area contributed by atoms with Crippen LogP contribution in [0.1, 0.15) is 26.3 Å². The predicted molar refractivity (Wildman–Crippen MR) is 111 cm³/mol. The molecular weight excluding hydrogens is 412 g/mol. The number of ether oxygens (including phenoxy) is 2. The lowest BCUT2D eigenvalue weighted by molar-refractivity contribution is -0.115. The topological polar surface area (TPSA) is 135 Å². The summed E-state index contributed by atoms with van der Waals surface area (Å²) in [5.41, 5.74) is 0.307. The van der Waals surface area contributed by atoms with E-state index in [9.17, 15) is 14.4 Å². The number of aromatic carboxylic acids is 2. The minimum atomic E-state index is -1.28. The van der Waals surface area contributed by atoms with Crippen LogP contribution in [0.25, 0.3) is 6.08 Å². The third kappa shape index (κ3) is 4.61. The Labute approximate surface area is 175 Å². The molecule has 1 heterocycles. The first-order chi connectivity index (χ1) is 14.3. The monoisotopic (exact) mass is 428 g/mol. The number of hydrogen-bond donors (Lipinski definition) is 3. The van der Waals surface area contributed by atoms with Crippen molar-refractivity contribution >= 4 is 46.5 Å². The Bertz CT molecular complexity index is 1080. The van der Waals surface area contributed by atoms with Gasteiger partial charge in [-0.25, -0.2) is 14.6 Å². The summed E-state index contributed by atoms with van der Waals surface area (Å²) in [5.74, 6) is -1.85. The van der Waals surface area contributed by atoms with Gasteiger partial charge in [0.2, 0.25) is 0 Å². The zero-order valence-electron chi connectivity index (χ0n) is 15.8. The number of amides is 1. The molecule has 10 heteroatoms. The molecule has 9 nitrogen and oxygen atoms in total. The van der Waals surface area contributed by atoms with Gasteiger partial charge in [0.1, 0.15) is 11.5 Å². The smallest absolute Gasteiger partial charge is 0.335 e. The van der Waals surface area contributed by atoms with Gasteiger partial charge >= 0.3 is 11.9 Å². The molecule has 0 bridgehead atoms. The second-order valence-corrected chi connectivity index (χ2v) is 7.00. The van der Waals surface area contributed by atoms with Crippen molar-refractivity contribution in [2.24, 2.45) is 4.99 Å². The van der Waals surface area contributed by atoms with E-state index in [0.717, 1.165) is 17.8 Å². The van der Waals surface area contributed by atoms with E-state index in [1.807, 2.05) is 0 Å². The number of nitrogens with zero attached hydrogens (tertiary/aromatic N) is 1. The normalized spacial score (nSPS) is 15.9. The minimum absolute atomic E-state index is 0.0957. The summed E-state index contributed by atoms with van der Waals surface area (Å²) in [7, 11) is 3.03. The van der Waals surface area contributed by atoms with Gasteiger partial charge in [-0.05, 0) is 48.2 Å². The van der Waals surface area contributed by atoms with Gasteiger partial charge in [-0.15, -0.1) is 0 Å². The van der Waals surface area contributed by atoms with Crippen molar-refractivity contribution in [1.29, 1.82) is 0 Å². The maximum absolute atomic E-state index is 12.3. The largest absolute Gasteiger partial charge is 0.497 e. The number of nitrogens with one attached hydrogen (secondary N) is 1. The summed E-state index contributed by atoms with van der Waals surface area (Å²) in [6, 6.07) is 8.64. The number of amidine groups is 1. The lowest BCUT2D eigenvalue weighted by atomic mass is 10.1. The summed E-state index contributed by atoms with van der Waals surface area (Å²) in [5, 5.41) is 21.1. The number of hydrogen-bond acceptors (Lipinski definition) is 7. The van der Waals surface area contributed by atoms with Gasteiger partial charge < -0.3 is 25.0 Å². The fourth-order valence-electron chi connectivity index (χ4n) is 2.60. The number of carbonyl (C=O) groups excluding carboxylic acids is 1. The summed E-state index contributed by atoms with van der Waals surface area (Å²) in [6.45, 7) is 0. The average Bonchev–Trinajstić information content (AvgIpc) is 3.06. The first kappa shape index (κ1) is 20.9. The van der Waals surface area contributed by atoms with E-state index in [2.05, 4.69) is 10.3 Å². The molecular formula is C20H16N2O7S. The Balaban J connectivity index is 1.93. The first-order valence-electron chi connectivity index (χ1n) is 8.44. The number of benzene rings is 2. The van der Waals surface area contributed by atoms with E-state index in [0.29, 0.717) is 22.0 Å². The van der Waals surface area contributed by atoms with Gasteiger partial charge in [0, 0.05) is 11.6 Å². The molecule has 30 heavy (non-hydrogen) atoms. The van der Waals surface area contributed by atoms with Gasteiger partial charge in [0.15, 0.2) is 5.17 Å². The van der Waals surface area contributed by atoms with E-state index < -0.39 is 17.8 Å². The number of aliphatic imine (C=N–C) groups is 1. The predicted octanol–water partition coefficient (Wildman–Crippen LogP) is 2.99. The van der Waals surface area contributed by atoms with Gasteiger partial charge in [-0.2, -0.15) is 0 Å². The Hall–Kier alpha value is -3.79. The van der Waals surface area contributed by atoms with E-state index >= 15 is 0 Å². The van der Waals surface area contributed by atoms with Crippen LogP contribution in [0, 0.1) is 0 Å². The van der Waals surface area contributed by atoms with Crippen molar-refractivity contribution in [2.45, 2.75) is 0 Å². The number of carboxylic acid groups (broad SMARTS) is 2. The van der Waals surface area contributed by atoms with Crippen molar-refractivity contribution < 1.29 is 34.1 Å². The van der Waals surface area contributed by atoms with Crippen LogP contribution in [0.3, 0.4) is 0 Å². The zero-order valence-corrected chi connectivity index (χ0v) is 16.6. The Morgan fingerprint density at radius 1 is 1.03 bits per heavy atom. The lowest BCUT2D eigenvalue weighted by Crippen LogP contribution is -2.19. The molecule has 1 fully saturated rings. The summed E-state index contributed by atoms with van der Waals surface area (Å²) in [4.78, 5) is 39.3. The lowest BCUT2D eigenvalue weighted by Gasteiger charge is -2.07. The fraction of sp³-hybridized carbons (Fsp3) is 0.100. The van der Waals surface area contributed by atoms with Crippen molar-refractivity contribution in [3.05, 3.63) is 58.0 Å². The van der Waals surface area contributed by atoms with Gasteiger partial charge in [-0.3, -0.25) is 4.79 Å². The van der Waals surface area contributed by atoms with Crippen molar-refractivity contribution in [3.8, 4) is 11.5 Å². The van der Waals surface area contributed by atoms with E-state index in [-0.39, 0.29) is 22.0 Å². The number of thioether (sulfide) groups is 1. The van der Waals surface area contributed by atoms with Crippen LogP contribution in [-0.4, -0.2) is 47.4 Å². The third-order valence-corrected chi connectivity index (χ3v) is 4.93. The molecule has 0 unspecified atom stereocenters. The third-order valence-electron chi connectivity index (χ3n) is 4.02. The molecule has 2 aromatic carbocycles. The molecule has 0 aromatic heterocycles. The molecule has 154 valence electrons. The van der Waals surface area contributed by atoms with Crippen molar-refractivity contribution in [2.75, 3.05) is 14.2 Å². The maximum atomic E-state index is 12.3. The van der Waals surface area contributed by atoms with Crippen LogP contribution in [-0.2, 0) is 4.79 Å². The van der Waals surface area contributed by atoms with Crippen LogP contribution < -0.4 is 14.8 Å². The highest BCUT2D eigenvalue weighted by molar-refractivity contribution is 8.18. The van der Waals surface area contributed by atoms with Gasteiger partial charge in [0.25, 0.3) is 5.91 Å². The van der Waals surface area contributed by atoms with Crippen LogP contribution >= 0.6 is 11.8 Å². The molecule has 1 saturated heterocycles. The molecule has 1 aliphatic rings.